The standard InChI is InChI=1S/C26H32FN9O2/c1-6-17-20-11-28-12-21(30-19-8-9-34(5)15-18(19)27)36(20)32-23(17)24-31-22(38-33-24)13-29-25(37)16-7-10-35(14-16)26(2,3)4/h6-7,10-12,14,18-19,30H,1,8-9,13,15H2,2-5H3,(H,29,37)/t18-,19+/m0/s1. The average Bonchev–Trinajstić information content (AvgIpc) is 3.62. The molecule has 5 heterocycles. The molecule has 0 radical (unpaired) electrons. The van der Waals surface area contributed by atoms with Gasteiger partial charge in [-0.2, -0.15) is 10.1 Å². The number of likely N-dealkylation sites (tertiary alicyclic amines) is 1. The van der Waals surface area contributed by atoms with Crippen molar-refractivity contribution in [3.8, 4) is 11.5 Å². The summed E-state index contributed by atoms with van der Waals surface area (Å²) in [6.07, 6.45) is 8.25. The van der Waals surface area contributed by atoms with Gasteiger partial charge in [0.25, 0.3) is 5.91 Å². The number of halogens is 1. The Hall–Kier alpha value is -4.06. The molecule has 1 aliphatic rings. The van der Waals surface area contributed by atoms with Crippen LogP contribution in [0.15, 0.2) is 42.0 Å². The number of carbonyl (C=O) groups excluding carboxylic acids is 1. The van der Waals surface area contributed by atoms with Crippen LogP contribution in [0.25, 0.3) is 23.1 Å². The number of nitrogens with one attached hydrogen (secondary N) is 2. The molecule has 0 saturated carbocycles. The summed E-state index contributed by atoms with van der Waals surface area (Å²) in [5.74, 6) is 0.806. The molecule has 1 amide bonds. The van der Waals surface area contributed by atoms with Crippen LogP contribution >= 0.6 is 0 Å². The Morgan fingerprint density at radius 3 is 2.87 bits per heavy atom. The maximum atomic E-state index is 14.7. The Labute approximate surface area is 219 Å². The first kappa shape index (κ1) is 25.6. The summed E-state index contributed by atoms with van der Waals surface area (Å²) in [6, 6.07) is 1.42. The van der Waals surface area contributed by atoms with E-state index in [1.807, 2.05) is 22.7 Å². The fourth-order valence-corrected chi connectivity index (χ4v) is 4.49. The third kappa shape index (κ3) is 5.03. The Bertz CT molecular complexity index is 1460. The van der Waals surface area contributed by atoms with Gasteiger partial charge in [-0.1, -0.05) is 17.8 Å². The molecule has 2 N–H and O–H groups in total. The molecule has 0 unspecified atom stereocenters. The van der Waals surface area contributed by atoms with Gasteiger partial charge in [0.1, 0.15) is 17.7 Å². The second-order valence-corrected chi connectivity index (χ2v) is 10.5. The third-order valence-electron chi connectivity index (χ3n) is 6.67. The molecule has 0 aromatic carbocycles. The molecule has 0 bridgehead atoms. The van der Waals surface area contributed by atoms with E-state index < -0.39 is 6.17 Å². The number of aromatic nitrogens is 6. The zero-order valence-electron chi connectivity index (χ0n) is 22.0. The van der Waals surface area contributed by atoms with Crippen LogP contribution in [0.5, 0.6) is 0 Å². The van der Waals surface area contributed by atoms with Crippen molar-refractivity contribution < 1.29 is 13.7 Å². The molecule has 1 saturated heterocycles. The lowest BCUT2D eigenvalue weighted by Crippen LogP contribution is -2.46. The number of piperidine rings is 1. The first-order valence-electron chi connectivity index (χ1n) is 12.5. The van der Waals surface area contributed by atoms with Gasteiger partial charge in [0.2, 0.25) is 11.7 Å². The summed E-state index contributed by atoms with van der Waals surface area (Å²) in [5.41, 5.74) is 2.21. The summed E-state index contributed by atoms with van der Waals surface area (Å²) < 4.78 is 23.7. The van der Waals surface area contributed by atoms with Gasteiger partial charge in [-0.05, 0) is 40.3 Å². The number of hydrogen-bond donors (Lipinski definition) is 2. The van der Waals surface area contributed by atoms with E-state index in [1.165, 1.54) is 0 Å². The van der Waals surface area contributed by atoms with Gasteiger partial charge in [-0.25, -0.2) is 8.91 Å². The van der Waals surface area contributed by atoms with Crippen molar-refractivity contribution in [2.45, 2.75) is 51.5 Å². The summed E-state index contributed by atoms with van der Waals surface area (Å²) in [4.78, 5) is 23.3. The van der Waals surface area contributed by atoms with Gasteiger partial charge in [0.15, 0.2) is 0 Å². The highest BCUT2D eigenvalue weighted by Crippen LogP contribution is 2.28. The number of nitrogens with zero attached hydrogens (tertiary/aromatic N) is 7. The average molecular weight is 522 g/mol. The predicted octanol–water partition coefficient (Wildman–Crippen LogP) is 3.36. The Balaban J connectivity index is 1.34. The van der Waals surface area contributed by atoms with Crippen molar-refractivity contribution in [2.24, 2.45) is 0 Å². The van der Waals surface area contributed by atoms with Crippen LogP contribution in [0, 0.1) is 0 Å². The van der Waals surface area contributed by atoms with Gasteiger partial charge >= 0.3 is 0 Å². The normalized spacial score (nSPS) is 18.6. The van der Waals surface area contributed by atoms with E-state index in [0.29, 0.717) is 41.1 Å². The summed E-state index contributed by atoms with van der Waals surface area (Å²) in [7, 11) is 1.91. The van der Waals surface area contributed by atoms with E-state index in [4.69, 9.17) is 4.52 Å². The molecule has 1 fully saturated rings. The molecular weight excluding hydrogens is 489 g/mol. The van der Waals surface area contributed by atoms with Crippen molar-refractivity contribution in [1.29, 1.82) is 0 Å². The van der Waals surface area contributed by atoms with Crippen LogP contribution in [0.2, 0.25) is 0 Å². The van der Waals surface area contributed by atoms with E-state index in [9.17, 15) is 9.18 Å². The van der Waals surface area contributed by atoms with Crippen molar-refractivity contribution in [3.63, 3.8) is 0 Å². The summed E-state index contributed by atoms with van der Waals surface area (Å²) >= 11 is 0. The highest BCUT2D eigenvalue weighted by Gasteiger charge is 2.28. The Morgan fingerprint density at radius 2 is 2.16 bits per heavy atom. The number of carbonyl (C=O) groups is 1. The maximum absolute atomic E-state index is 14.7. The Kier molecular flexibility index (Phi) is 6.74. The lowest BCUT2D eigenvalue weighted by molar-refractivity contribution is 0.0946. The number of anilines is 1. The summed E-state index contributed by atoms with van der Waals surface area (Å²) in [5, 5.41) is 14.8. The topological polar surface area (TPSA) is 118 Å². The van der Waals surface area contributed by atoms with Crippen LogP contribution in [0.4, 0.5) is 10.2 Å². The number of fused-ring (bicyclic) bond motifs is 1. The van der Waals surface area contributed by atoms with E-state index >= 15 is 0 Å². The first-order chi connectivity index (χ1) is 18.1. The van der Waals surface area contributed by atoms with Crippen molar-refractivity contribution in [1.82, 2.24) is 39.5 Å². The molecule has 38 heavy (non-hydrogen) atoms. The van der Waals surface area contributed by atoms with Gasteiger partial charge in [-0.15, -0.1) is 0 Å². The van der Waals surface area contributed by atoms with Crippen molar-refractivity contribution >= 4 is 23.3 Å². The van der Waals surface area contributed by atoms with Crippen LogP contribution in [0.1, 0.15) is 49.0 Å². The third-order valence-corrected chi connectivity index (χ3v) is 6.67. The highest BCUT2D eigenvalue weighted by molar-refractivity contribution is 5.94. The van der Waals surface area contributed by atoms with Crippen LogP contribution < -0.4 is 10.6 Å². The minimum Gasteiger partial charge on any atom is -0.363 e. The summed E-state index contributed by atoms with van der Waals surface area (Å²) in [6.45, 7) is 11.3. The number of hydrogen-bond acceptors (Lipinski definition) is 8. The molecular formula is C26H32FN9O2. The van der Waals surface area contributed by atoms with E-state index in [-0.39, 0.29) is 35.7 Å². The van der Waals surface area contributed by atoms with Gasteiger partial charge < -0.3 is 24.6 Å². The lowest BCUT2D eigenvalue weighted by Gasteiger charge is -2.33. The zero-order chi connectivity index (χ0) is 27.0. The molecule has 0 aliphatic carbocycles. The number of amides is 1. The largest absolute Gasteiger partial charge is 0.363 e. The zero-order valence-corrected chi connectivity index (χ0v) is 22.0. The number of rotatable bonds is 7. The quantitative estimate of drug-likeness (QED) is 0.380. The minimum absolute atomic E-state index is 0.0612. The second-order valence-electron chi connectivity index (χ2n) is 10.5. The molecule has 5 rings (SSSR count). The molecule has 200 valence electrons. The smallest absolute Gasteiger partial charge is 0.253 e. The van der Waals surface area contributed by atoms with Crippen LogP contribution in [0.3, 0.4) is 0 Å². The van der Waals surface area contributed by atoms with Crippen LogP contribution in [-0.2, 0) is 12.1 Å². The van der Waals surface area contributed by atoms with Crippen LogP contribution in [-0.4, -0.2) is 72.5 Å². The first-order valence-corrected chi connectivity index (χ1v) is 12.5. The van der Waals surface area contributed by atoms with Gasteiger partial charge in [0.05, 0.1) is 36.1 Å². The molecule has 11 nitrogen and oxygen atoms in total. The van der Waals surface area contributed by atoms with Gasteiger partial charge in [-0.3, -0.25) is 9.78 Å². The second kappa shape index (κ2) is 10.0. The fraction of sp³-hybridized carbons (Fsp3) is 0.423. The molecule has 12 heteroatoms. The minimum atomic E-state index is -1.01. The predicted molar refractivity (Wildman–Crippen MR) is 141 cm³/mol. The molecule has 4 aromatic heterocycles. The number of alkyl halides is 1. The maximum Gasteiger partial charge on any atom is 0.253 e. The molecule has 0 spiro atoms. The van der Waals surface area contributed by atoms with E-state index in [0.717, 1.165) is 6.54 Å². The van der Waals surface area contributed by atoms with Gasteiger partial charge in [0, 0.05) is 36.6 Å². The van der Waals surface area contributed by atoms with E-state index in [1.54, 1.807) is 35.2 Å². The molecule has 2 atom stereocenters. The Morgan fingerprint density at radius 1 is 1.34 bits per heavy atom. The monoisotopic (exact) mass is 521 g/mol. The SMILES string of the molecule is C=Cc1c(-c2noc(CNC(=O)c3ccn(C(C)(C)C)c3)n2)nn2c(N[C@@H]3CCN(C)C[C@@H]3F)cncc12. The molecule has 1 aliphatic heterocycles. The lowest BCUT2D eigenvalue weighted by atomic mass is 10.0. The highest BCUT2D eigenvalue weighted by atomic mass is 19.1. The van der Waals surface area contributed by atoms with Crippen molar-refractivity contribution in [3.05, 3.63) is 54.5 Å². The fourth-order valence-electron chi connectivity index (χ4n) is 4.49. The van der Waals surface area contributed by atoms with Crippen molar-refractivity contribution in [2.75, 3.05) is 25.5 Å². The molecule has 4 aromatic rings. The van der Waals surface area contributed by atoms with E-state index in [2.05, 4.69) is 58.2 Å².